The Bertz CT molecular complexity index is 744. The van der Waals surface area contributed by atoms with Crippen LogP contribution in [0, 0.1) is 23.7 Å². The molecule has 0 aliphatic heterocycles. The van der Waals surface area contributed by atoms with Gasteiger partial charge in [0.15, 0.2) is 11.7 Å². The summed E-state index contributed by atoms with van der Waals surface area (Å²) in [5, 5.41) is 6.77. The maximum absolute atomic E-state index is 12.3. The van der Waals surface area contributed by atoms with Crippen LogP contribution in [0.15, 0.2) is 24.3 Å². The van der Waals surface area contributed by atoms with Crippen LogP contribution in [-0.4, -0.2) is 23.7 Å². The van der Waals surface area contributed by atoms with E-state index in [1.54, 1.807) is 0 Å². The molecule has 0 atom stereocenters. The van der Waals surface area contributed by atoms with Crippen LogP contribution in [0.3, 0.4) is 0 Å². The molecule has 30 heavy (non-hydrogen) atoms. The lowest BCUT2D eigenvalue weighted by atomic mass is 9.54. The number of rotatable bonds is 5. The summed E-state index contributed by atoms with van der Waals surface area (Å²) < 4.78 is 5.70. The Kier molecular flexibility index (Phi) is 5.99. The second kappa shape index (κ2) is 8.86. The van der Waals surface area contributed by atoms with Gasteiger partial charge in [-0.05, 0) is 104 Å². The molecule has 1 aromatic carbocycles. The van der Waals surface area contributed by atoms with Gasteiger partial charge >= 0.3 is 0 Å². The van der Waals surface area contributed by atoms with Crippen LogP contribution >= 0.6 is 12.2 Å². The minimum absolute atomic E-state index is 0.00767. The molecule has 5 fully saturated rings. The third-order valence-corrected chi connectivity index (χ3v) is 8.32. The first-order valence-electron chi connectivity index (χ1n) is 12.0. The van der Waals surface area contributed by atoms with Crippen molar-refractivity contribution in [2.24, 2.45) is 23.7 Å². The number of hydrogen-bond acceptors (Lipinski definition) is 3. The number of amides is 1. The van der Waals surface area contributed by atoms with Crippen LogP contribution in [0.1, 0.15) is 75.7 Å². The SMILES string of the molecule is O=C(COc1ccc(C2CCCCC2)cc1)NC(=S)NC1C2CC3CC(C2)CC1C3. The smallest absolute Gasteiger partial charge is 0.264 e. The Morgan fingerprint density at radius 2 is 1.57 bits per heavy atom. The second-order valence-corrected chi connectivity index (χ2v) is 10.6. The molecule has 5 heteroatoms. The normalized spacial score (nSPS) is 32.6. The zero-order valence-corrected chi connectivity index (χ0v) is 18.6. The van der Waals surface area contributed by atoms with Crippen molar-refractivity contribution in [1.29, 1.82) is 0 Å². The maximum atomic E-state index is 12.3. The van der Waals surface area contributed by atoms with Crippen LogP contribution in [0.2, 0.25) is 0 Å². The molecule has 0 spiro atoms. The number of nitrogens with one attached hydrogen (secondary N) is 2. The number of hydrogen-bond donors (Lipinski definition) is 2. The fraction of sp³-hybridized carbons (Fsp3) is 0.680. The minimum atomic E-state index is -0.187. The summed E-state index contributed by atoms with van der Waals surface area (Å²) in [5.41, 5.74) is 1.40. The summed E-state index contributed by atoms with van der Waals surface area (Å²) in [7, 11) is 0. The number of ether oxygens (including phenoxy) is 1. The first kappa shape index (κ1) is 20.3. The summed E-state index contributed by atoms with van der Waals surface area (Å²) in [6, 6.07) is 8.73. The Morgan fingerprint density at radius 3 is 2.20 bits per heavy atom. The molecular formula is C25H34N2O2S. The quantitative estimate of drug-likeness (QED) is 0.656. The van der Waals surface area contributed by atoms with E-state index in [2.05, 4.69) is 22.8 Å². The lowest BCUT2D eigenvalue weighted by molar-refractivity contribution is -0.121. The standard InChI is InChI=1S/C25H34N2O2S/c28-23(15-29-22-8-6-19(7-9-22)18-4-2-1-3-5-18)26-25(30)27-24-20-11-16-10-17(13-20)14-21(24)12-16/h6-9,16-18,20-21,24H,1-5,10-15H2,(H2,26,27,28,30). The summed E-state index contributed by atoms with van der Waals surface area (Å²) in [5.74, 6) is 4.57. The molecule has 5 aliphatic carbocycles. The van der Waals surface area contributed by atoms with Gasteiger partial charge < -0.3 is 15.4 Å². The Hall–Kier alpha value is -1.62. The van der Waals surface area contributed by atoms with Crippen LogP contribution < -0.4 is 15.4 Å². The molecule has 1 amide bonds. The van der Waals surface area contributed by atoms with E-state index in [1.165, 1.54) is 69.8 Å². The molecule has 2 N–H and O–H groups in total. The number of carbonyl (C=O) groups excluding carboxylic acids is 1. The summed E-state index contributed by atoms with van der Waals surface area (Å²) in [6.45, 7) is -0.00767. The molecule has 1 aromatic rings. The maximum Gasteiger partial charge on any atom is 0.264 e. The molecular weight excluding hydrogens is 392 g/mol. The zero-order valence-electron chi connectivity index (χ0n) is 17.8. The molecule has 4 bridgehead atoms. The van der Waals surface area contributed by atoms with Gasteiger partial charge in [-0.3, -0.25) is 4.79 Å². The van der Waals surface area contributed by atoms with E-state index in [0.29, 0.717) is 17.1 Å². The molecule has 0 radical (unpaired) electrons. The molecule has 5 saturated carbocycles. The highest BCUT2D eigenvalue weighted by Gasteiger charge is 2.48. The molecule has 0 unspecified atom stereocenters. The van der Waals surface area contributed by atoms with Crippen molar-refractivity contribution in [1.82, 2.24) is 10.6 Å². The number of benzene rings is 1. The zero-order chi connectivity index (χ0) is 20.5. The summed E-state index contributed by atoms with van der Waals surface area (Å²) in [4.78, 5) is 12.3. The lowest BCUT2D eigenvalue weighted by Crippen LogP contribution is -2.58. The van der Waals surface area contributed by atoms with Crippen molar-refractivity contribution in [3.8, 4) is 5.75 Å². The topological polar surface area (TPSA) is 50.4 Å². The molecule has 162 valence electrons. The first-order valence-corrected chi connectivity index (χ1v) is 12.4. The van der Waals surface area contributed by atoms with Crippen molar-refractivity contribution in [3.63, 3.8) is 0 Å². The molecule has 5 aliphatic rings. The summed E-state index contributed by atoms with van der Waals surface area (Å²) >= 11 is 5.45. The fourth-order valence-corrected chi connectivity index (χ4v) is 7.18. The van der Waals surface area contributed by atoms with Crippen LogP contribution in [0.4, 0.5) is 0 Å². The lowest BCUT2D eigenvalue weighted by Gasteiger charge is -2.54. The average molecular weight is 427 g/mol. The van der Waals surface area contributed by atoms with Gasteiger partial charge in [0.2, 0.25) is 0 Å². The second-order valence-electron chi connectivity index (χ2n) is 10.2. The van der Waals surface area contributed by atoms with Gasteiger partial charge in [-0.25, -0.2) is 0 Å². The summed E-state index contributed by atoms with van der Waals surface area (Å²) in [6.07, 6.45) is 13.4. The van der Waals surface area contributed by atoms with Crippen LogP contribution in [-0.2, 0) is 4.79 Å². The van der Waals surface area contributed by atoms with Gasteiger partial charge in [0.1, 0.15) is 5.75 Å². The Balaban J connectivity index is 1.07. The van der Waals surface area contributed by atoms with Crippen LogP contribution in [0.25, 0.3) is 0 Å². The molecule has 4 nitrogen and oxygen atoms in total. The van der Waals surface area contributed by atoms with Crippen molar-refractivity contribution >= 4 is 23.2 Å². The van der Waals surface area contributed by atoms with Gasteiger partial charge in [0, 0.05) is 6.04 Å². The third-order valence-electron chi connectivity index (χ3n) is 8.10. The molecule has 0 heterocycles. The molecule has 6 rings (SSSR count). The minimum Gasteiger partial charge on any atom is -0.484 e. The molecule has 0 aromatic heterocycles. The highest BCUT2D eigenvalue weighted by Crippen LogP contribution is 2.53. The van der Waals surface area contributed by atoms with Crippen molar-refractivity contribution in [2.45, 2.75) is 76.2 Å². The largest absolute Gasteiger partial charge is 0.484 e. The average Bonchev–Trinajstić information content (AvgIpc) is 2.75. The highest BCUT2D eigenvalue weighted by atomic mass is 32.1. The Labute approximate surface area is 185 Å². The van der Waals surface area contributed by atoms with E-state index in [4.69, 9.17) is 17.0 Å². The number of thiocarbonyl (C=S) groups is 1. The Morgan fingerprint density at radius 1 is 0.933 bits per heavy atom. The predicted molar refractivity (Wildman–Crippen MR) is 122 cm³/mol. The highest BCUT2D eigenvalue weighted by molar-refractivity contribution is 7.80. The van der Waals surface area contributed by atoms with E-state index >= 15 is 0 Å². The monoisotopic (exact) mass is 426 g/mol. The van der Waals surface area contributed by atoms with Gasteiger partial charge in [-0.15, -0.1) is 0 Å². The van der Waals surface area contributed by atoms with Gasteiger partial charge in [-0.2, -0.15) is 0 Å². The van der Waals surface area contributed by atoms with Crippen molar-refractivity contribution in [3.05, 3.63) is 29.8 Å². The van der Waals surface area contributed by atoms with E-state index in [0.717, 1.165) is 29.4 Å². The third kappa shape index (κ3) is 4.51. The number of carbonyl (C=O) groups is 1. The van der Waals surface area contributed by atoms with E-state index in [1.807, 2.05) is 12.1 Å². The first-order chi connectivity index (χ1) is 14.6. The molecule has 0 saturated heterocycles. The van der Waals surface area contributed by atoms with Gasteiger partial charge in [0.25, 0.3) is 5.91 Å². The van der Waals surface area contributed by atoms with E-state index < -0.39 is 0 Å². The van der Waals surface area contributed by atoms with Crippen molar-refractivity contribution < 1.29 is 9.53 Å². The van der Waals surface area contributed by atoms with Gasteiger partial charge in [0.05, 0.1) is 0 Å². The van der Waals surface area contributed by atoms with E-state index in [-0.39, 0.29) is 12.5 Å². The predicted octanol–water partition coefficient (Wildman–Crippen LogP) is 4.93. The van der Waals surface area contributed by atoms with Gasteiger partial charge in [-0.1, -0.05) is 31.4 Å². The van der Waals surface area contributed by atoms with E-state index in [9.17, 15) is 4.79 Å². The van der Waals surface area contributed by atoms with Crippen molar-refractivity contribution in [2.75, 3.05) is 6.61 Å². The van der Waals surface area contributed by atoms with Crippen LogP contribution in [0.5, 0.6) is 5.75 Å². The fourth-order valence-electron chi connectivity index (χ4n) is 6.93.